The Labute approximate surface area is 347 Å². The fraction of sp³-hybridized carbons (Fsp3) is 0.698. The lowest BCUT2D eigenvalue weighted by Crippen LogP contribution is -2.60. The number of aliphatic carboxylic acids is 1. The van der Waals surface area contributed by atoms with Crippen LogP contribution in [-0.2, 0) is 35.2 Å². The number of phenols is 1. The Morgan fingerprint density at radius 2 is 1.49 bits per heavy atom. The number of aliphatic imine (C=N–C) groups is 1. The Balaban J connectivity index is 1.34. The van der Waals surface area contributed by atoms with E-state index in [9.17, 15) is 39.0 Å². The summed E-state index contributed by atoms with van der Waals surface area (Å²) in [4.78, 5) is 88.3. The van der Waals surface area contributed by atoms with Crippen LogP contribution in [0.4, 0.5) is 0 Å². The minimum Gasteiger partial charge on any atom is -0.508 e. The molecule has 1 aromatic carbocycles. The number of benzene rings is 1. The third-order valence-corrected chi connectivity index (χ3v) is 13.0. The summed E-state index contributed by atoms with van der Waals surface area (Å²) in [5, 5.41) is 31.1. The molecule has 1 aliphatic heterocycles. The van der Waals surface area contributed by atoms with Gasteiger partial charge in [-0.1, -0.05) is 46.2 Å². The van der Waals surface area contributed by atoms with Crippen LogP contribution >= 0.6 is 0 Å². The number of hydrogen-bond donors (Lipinski definition) is 8. The largest absolute Gasteiger partial charge is 0.508 e. The fourth-order valence-corrected chi connectivity index (χ4v) is 10.2. The predicted molar refractivity (Wildman–Crippen MR) is 221 cm³/mol. The van der Waals surface area contributed by atoms with Crippen molar-refractivity contribution in [3.8, 4) is 5.75 Å². The molecule has 1 heterocycles. The molecule has 5 fully saturated rings. The number of phenolic OH excluding ortho intramolecular Hbond substituents is 1. The Bertz CT molecular complexity index is 1680. The zero-order valence-corrected chi connectivity index (χ0v) is 35.1. The van der Waals surface area contributed by atoms with Crippen LogP contribution in [-0.4, -0.2) is 99.9 Å². The van der Waals surface area contributed by atoms with Crippen LogP contribution in [0.1, 0.15) is 110 Å². The molecule has 6 rings (SSSR count). The number of carbonyl (C=O) groups excluding carboxylic acids is 5. The number of aromatic hydroxyl groups is 1. The highest BCUT2D eigenvalue weighted by Crippen LogP contribution is 2.60. The lowest BCUT2D eigenvalue weighted by Gasteiger charge is -2.55. The van der Waals surface area contributed by atoms with Crippen LogP contribution in [0.2, 0.25) is 0 Å². The molecular weight excluding hydrogens is 757 g/mol. The van der Waals surface area contributed by atoms with Crippen molar-refractivity contribution < 1.29 is 39.0 Å². The Kier molecular flexibility index (Phi) is 15.3. The highest BCUT2D eigenvalue weighted by atomic mass is 16.4. The predicted octanol–water partition coefficient (Wildman–Crippen LogP) is 2.31. The molecule has 5 aliphatic rings. The minimum absolute atomic E-state index is 0.00694. The normalized spacial score (nSPS) is 25.6. The van der Waals surface area contributed by atoms with Gasteiger partial charge in [-0.25, -0.2) is 4.79 Å². The van der Waals surface area contributed by atoms with E-state index in [1.54, 1.807) is 19.1 Å². The lowest BCUT2D eigenvalue weighted by molar-refractivity contribution is -0.150. The van der Waals surface area contributed by atoms with Gasteiger partial charge >= 0.3 is 5.97 Å². The van der Waals surface area contributed by atoms with Crippen LogP contribution in [0.15, 0.2) is 29.3 Å². The molecule has 4 aliphatic carbocycles. The number of nitrogens with zero attached hydrogens (tertiary/aromatic N) is 2. The van der Waals surface area contributed by atoms with Crippen LogP contribution < -0.4 is 32.7 Å². The second kappa shape index (κ2) is 19.9. The molecule has 5 amide bonds. The highest BCUT2D eigenvalue weighted by Gasteiger charge is 2.55. The summed E-state index contributed by atoms with van der Waals surface area (Å²) in [5.41, 5.74) is 11.2. The molecule has 0 aromatic heterocycles. The summed E-state index contributed by atoms with van der Waals surface area (Å²) < 4.78 is 0. The van der Waals surface area contributed by atoms with Gasteiger partial charge in [0.1, 0.15) is 36.0 Å². The third-order valence-electron chi connectivity index (χ3n) is 13.0. The molecule has 16 heteroatoms. The van der Waals surface area contributed by atoms with Crippen molar-refractivity contribution in [2.45, 2.75) is 141 Å². The third kappa shape index (κ3) is 11.7. The van der Waals surface area contributed by atoms with E-state index in [4.69, 9.17) is 11.5 Å². The number of nitrogens with one attached hydrogen (secondary N) is 4. The maximum atomic E-state index is 14.5. The van der Waals surface area contributed by atoms with Crippen molar-refractivity contribution in [2.75, 3.05) is 13.1 Å². The van der Waals surface area contributed by atoms with Gasteiger partial charge in [0.15, 0.2) is 5.96 Å². The summed E-state index contributed by atoms with van der Waals surface area (Å²) >= 11 is 0. The van der Waals surface area contributed by atoms with E-state index < -0.39 is 65.2 Å². The standard InChI is InChI=1S/C43H66N8O8/c1-5-25(4)35(38(55)48-33(40(57)58)16-24(2)3)50-36(53)32(20-26-10-12-30(52)13-11-26)47-37(54)34-9-7-15-51(34)39(56)31(8-6-14-46-42(44)45)49-41(59)43-21-27-17-28(22-43)19-29(18-27)23-43/h10-13,24-25,27-29,31-35,52H,5-9,14-23H2,1-4H3,(H,47,54)(H,48,55)(H,49,59)(H,50,53)(H,57,58)(H4,44,45,46)/t25-,27?,28?,29?,31-,32-,33-,34-,35-,43?/m0/s1. The van der Waals surface area contributed by atoms with E-state index in [1.807, 2.05) is 20.8 Å². The van der Waals surface area contributed by atoms with E-state index in [2.05, 4.69) is 26.3 Å². The van der Waals surface area contributed by atoms with Gasteiger partial charge in [-0.05, 0) is 118 Å². The van der Waals surface area contributed by atoms with Crippen LogP contribution in [0, 0.1) is 35.0 Å². The molecule has 6 atom stereocenters. The van der Waals surface area contributed by atoms with Gasteiger partial charge in [-0.15, -0.1) is 0 Å². The van der Waals surface area contributed by atoms with E-state index in [0.717, 1.165) is 38.5 Å². The van der Waals surface area contributed by atoms with E-state index >= 15 is 0 Å². The first-order valence-corrected chi connectivity index (χ1v) is 21.6. The molecular formula is C43H66N8O8. The van der Waals surface area contributed by atoms with Crippen LogP contribution in [0.25, 0.3) is 0 Å². The summed E-state index contributed by atoms with van der Waals surface area (Å²) in [6.45, 7) is 7.86. The molecule has 4 saturated carbocycles. The molecule has 0 spiro atoms. The van der Waals surface area contributed by atoms with Crippen LogP contribution in [0.3, 0.4) is 0 Å². The summed E-state index contributed by atoms with van der Waals surface area (Å²) in [7, 11) is 0. The molecule has 10 N–H and O–H groups in total. The van der Waals surface area contributed by atoms with E-state index in [-0.39, 0.29) is 61.8 Å². The van der Waals surface area contributed by atoms with Gasteiger partial charge in [0, 0.05) is 24.9 Å². The number of likely N-dealkylation sites (tertiary alicyclic amines) is 1. The van der Waals surface area contributed by atoms with Gasteiger partial charge in [0.25, 0.3) is 0 Å². The van der Waals surface area contributed by atoms with Crippen molar-refractivity contribution >= 4 is 41.5 Å². The number of carbonyl (C=O) groups is 6. The zero-order valence-electron chi connectivity index (χ0n) is 35.1. The van der Waals surface area contributed by atoms with E-state index in [1.165, 1.54) is 17.0 Å². The first kappa shape index (κ1) is 45.2. The molecule has 4 bridgehead atoms. The van der Waals surface area contributed by atoms with Gasteiger partial charge in [-0.3, -0.25) is 29.0 Å². The van der Waals surface area contributed by atoms with Crippen LogP contribution in [0.5, 0.6) is 5.75 Å². The smallest absolute Gasteiger partial charge is 0.326 e. The molecule has 59 heavy (non-hydrogen) atoms. The summed E-state index contributed by atoms with van der Waals surface area (Å²) in [5.74, 6) is -2.40. The summed E-state index contributed by atoms with van der Waals surface area (Å²) in [6.07, 6.45) is 8.21. The minimum atomic E-state index is -1.21. The van der Waals surface area contributed by atoms with Crippen molar-refractivity contribution in [3.05, 3.63) is 29.8 Å². The Hall–Kier alpha value is -4.89. The van der Waals surface area contributed by atoms with Crippen molar-refractivity contribution in [1.29, 1.82) is 0 Å². The number of rotatable bonds is 20. The fourth-order valence-electron chi connectivity index (χ4n) is 10.2. The lowest BCUT2D eigenvalue weighted by atomic mass is 9.49. The van der Waals surface area contributed by atoms with Gasteiger partial charge in [0.05, 0.1) is 0 Å². The monoisotopic (exact) mass is 823 g/mol. The molecule has 0 unspecified atom stereocenters. The van der Waals surface area contributed by atoms with E-state index in [0.29, 0.717) is 49.0 Å². The zero-order chi connectivity index (χ0) is 43.0. The second-order valence-electron chi connectivity index (χ2n) is 18.2. The SMILES string of the molecule is CC[C@H](C)[C@H](NC(=O)[C@H](Cc1ccc(O)cc1)NC(=O)[C@@H]1CCCN1C(=O)[C@H](CCCN=C(N)N)NC(=O)C12CC3CC(CC(C3)C1)C2)C(=O)N[C@@H](CC(C)C)C(=O)O. The molecule has 0 radical (unpaired) electrons. The number of amides is 5. The average molecular weight is 823 g/mol. The summed E-state index contributed by atoms with van der Waals surface area (Å²) in [6, 6.07) is 0.851. The molecule has 326 valence electrons. The number of carboxylic acids is 1. The highest BCUT2D eigenvalue weighted by molar-refractivity contribution is 5.97. The van der Waals surface area contributed by atoms with Gasteiger partial charge in [-0.2, -0.15) is 0 Å². The Morgan fingerprint density at radius 3 is 2.05 bits per heavy atom. The first-order valence-electron chi connectivity index (χ1n) is 21.6. The van der Waals surface area contributed by atoms with Crippen molar-refractivity contribution in [2.24, 2.45) is 51.5 Å². The maximum Gasteiger partial charge on any atom is 0.326 e. The average Bonchev–Trinajstić information content (AvgIpc) is 3.67. The maximum absolute atomic E-state index is 14.5. The number of guanidine groups is 1. The molecule has 1 aromatic rings. The van der Waals surface area contributed by atoms with Crippen molar-refractivity contribution in [3.63, 3.8) is 0 Å². The van der Waals surface area contributed by atoms with Gasteiger partial charge in [0.2, 0.25) is 29.5 Å². The van der Waals surface area contributed by atoms with Gasteiger partial charge < -0.3 is 47.8 Å². The molecule has 1 saturated heterocycles. The number of carboxylic acid groups (broad SMARTS) is 1. The number of nitrogens with two attached hydrogens (primary N) is 2. The quantitative estimate of drug-likeness (QED) is 0.0541. The van der Waals surface area contributed by atoms with Crippen molar-refractivity contribution in [1.82, 2.24) is 26.2 Å². The second-order valence-corrected chi connectivity index (χ2v) is 18.2. The Morgan fingerprint density at radius 1 is 0.864 bits per heavy atom. The first-order chi connectivity index (χ1) is 28.0. The molecule has 16 nitrogen and oxygen atoms in total. The topological polar surface area (TPSA) is 259 Å². The number of hydrogen-bond acceptors (Lipinski definition) is 8.